The van der Waals surface area contributed by atoms with Crippen LogP contribution in [0.5, 0.6) is 0 Å². The van der Waals surface area contributed by atoms with Gasteiger partial charge in [0.1, 0.15) is 0 Å². The van der Waals surface area contributed by atoms with E-state index in [4.69, 9.17) is 0 Å². The van der Waals surface area contributed by atoms with E-state index in [0.29, 0.717) is 0 Å². The highest BCUT2D eigenvalue weighted by atomic mass is 32.2. The van der Waals surface area contributed by atoms with Gasteiger partial charge in [0.15, 0.2) is 5.25 Å². The smallest absolute Gasteiger partial charge is 0.228 e. The molecule has 0 saturated carbocycles. The van der Waals surface area contributed by atoms with Crippen molar-refractivity contribution in [1.82, 2.24) is 0 Å². The van der Waals surface area contributed by atoms with Crippen molar-refractivity contribution in [2.75, 3.05) is 0 Å². The lowest BCUT2D eigenvalue weighted by Crippen LogP contribution is -2.33. The minimum absolute atomic E-state index is 0.251. The molecule has 2 N–H and O–H groups in total. The summed E-state index contributed by atoms with van der Waals surface area (Å²) in [5.74, 6) is 0. The number of nitrogens with two attached hydrogens (primary N) is 1. The first kappa shape index (κ1) is 14.0. The fourth-order valence-electron chi connectivity index (χ4n) is 1.66. The Morgan fingerprint density at radius 1 is 1.24 bits per heavy atom. The van der Waals surface area contributed by atoms with Crippen molar-refractivity contribution < 1.29 is 21.6 Å². The van der Waals surface area contributed by atoms with Gasteiger partial charge in [0, 0.05) is 0 Å². The highest BCUT2D eigenvalue weighted by molar-refractivity contribution is 7.89. The average Bonchev–Trinajstić information content (AvgIpc) is 2.04. The predicted octanol–water partition coefficient (Wildman–Crippen LogP) is 2.20. The van der Waals surface area contributed by atoms with Crippen LogP contribution in [0.3, 0.4) is 0 Å². The summed E-state index contributed by atoms with van der Waals surface area (Å²) < 4.78 is 60.3. The molecule has 1 aromatic carbocycles. The quantitative estimate of drug-likeness (QED) is 0.893. The lowest BCUT2D eigenvalue weighted by Gasteiger charge is -2.20. The number of benzene rings is 1. The van der Waals surface area contributed by atoms with Gasteiger partial charge in [0.2, 0.25) is 10.0 Å². The molecule has 3 nitrogen and oxygen atoms in total. The van der Waals surface area contributed by atoms with Crippen LogP contribution in [0, 0.1) is 13.8 Å². The molecule has 1 rings (SSSR count). The molecule has 0 spiro atoms. The Balaban J connectivity index is 3.44. The number of halogens is 3. The fraction of sp³-hybridized carbons (Fsp3) is 0.400. The van der Waals surface area contributed by atoms with E-state index in [-0.39, 0.29) is 11.1 Å². The Bertz CT molecular complexity index is 523. The summed E-state index contributed by atoms with van der Waals surface area (Å²) in [6, 6.07) is 4.05. The highest BCUT2D eigenvalue weighted by Crippen LogP contribution is 2.39. The van der Waals surface area contributed by atoms with Crippen LogP contribution in [-0.4, -0.2) is 14.6 Å². The minimum Gasteiger partial charge on any atom is -0.228 e. The van der Waals surface area contributed by atoms with Crippen LogP contribution in [-0.2, 0) is 10.0 Å². The molecule has 1 unspecified atom stereocenters. The number of rotatable bonds is 2. The third kappa shape index (κ3) is 3.19. The number of aryl methyl sites for hydroxylation is 2. The van der Waals surface area contributed by atoms with Crippen molar-refractivity contribution in [2.45, 2.75) is 25.3 Å². The second kappa shape index (κ2) is 4.30. The SMILES string of the molecule is Cc1ccc(C(C(F)(F)F)S(N)(=O)=O)c(C)c1. The van der Waals surface area contributed by atoms with Crippen molar-refractivity contribution in [3.05, 3.63) is 34.9 Å². The molecule has 17 heavy (non-hydrogen) atoms. The molecule has 0 fully saturated rings. The summed E-state index contributed by atoms with van der Waals surface area (Å²) in [6.07, 6.45) is -4.92. The molecule has 1 aromatic rings. The molecular formula is C10H12F3NO2S. The molecule has 1 atom stereocenters. The summed E-state index contributed by atoms with van der Waals surface area (Å²) in [4.78, 5) is 0. The normalized spacial score (nSPS) is 14.7. The molecular weight excluding hydrogens is 255 g/mol. The molecule has 0 heterocycles. The van der Waals surface area contributed by atoms with E-state index < -0.39 is 21.4 Å². The summed E-state index contributed by atoms with van der Waals surface area (Å²) in [5.41, 5.74) is 0.675. The molecule has 0 aliphatic carbocycles. The first-order valence-electron chi connectivity index (χ1n) is 4.69. The molecule has 0 radical (unpaired) electrons. The zero-order chi connectivity index (χ0) is 13.4. The Labute approximate surface area is 97.5 Å². The van der Waals surface area contributed by atoms with Gasteiger partial charge in [-0.15, -0.1) is 0 Å². The van der Waals surface area contributed by atoms with Gasteiger partial charge in [-0.2, -0.15) is 13.2 Å². The van der Waals surface area contributed by atoms with Crippen LogP contribution < -0.4 is 5.14 Å². The topological polar surface area (TPSA) is 60.2 Å². The number of primary sulfonamides is 1. The van der Waals surface area contributed by atoms with E-state index >= 15 is 0 Å². The molecule has 0 aromatic heterocycles. The van der Waals surface area contributed by atoms with Crippen molar-refractivity contribution in [3.8, 4) is 0 Å². The van der Waals surface area contributed by atoms with Crippen LogP contribution in [0.1, 0.15) is 21.9 Å². The molecule has 0 amide bonds. The van der Waals surface area contributed by atoms with Gasteiger partial charge in [-0.05, 0) is 25.0 Å². The molecule has 7 heteroatoms. The monoisotopic (exact) mass is 267 g/mol. The molecule has 0 bridgehead atoms. The molecule has 0 aliphatic heterocycles. The average molecular weight is 267 g/mol. The van der Waals surface area contributed by atoms with E-state index in [9.17, 15) is 21.6 Å². The summed E-state index contributed by atoms with van der Waals surface area (Å²) >= 11 is 0. The van der Waals surface area contributed by atoms with Crippen LogP contribution in [0.15, 0.2) is 18.2 Å². The third-order valence-corrected chi connectivity index (χ3v) is 3.51. The van der Waals surface area contributed by atoms with Crippen LogP contribution >= 0.6 is 0 Å². The first-order valence-corrected chi connectivity index (χ1v) is 6.30. The number of alkyl halides is 3. The Hall–Kier alpha value is -1.08. The maximum atomic E-state index is 12.7. The van der Waals surface area contributed by atoms with Gasteiger partial charge in [-0.3, -0.25) is 0 Å². The zero-order valence-corrected chi connectivity index (χ0v) is 10.1. The zero-order valence-electron chi connectivity index (χ0n) is 9.25. The van der Waals surface area contributed by atoms with E-state index in [1.54, 1.807) is 6.92 Å². The largest absolute Gasteiger partial charge is 0.410 e. The van der Waals surface area contributed by atoms with Gasteiger partial charge in [-0.25, -0.2) is 13.6 Å². The van der Waals surface area contributed by atoms with Gasteiger partial charge in [-0.1, -0.05) is 23.8 Å². The van der Waals surface area contributed by atoms with Crippen LogP contribution in [0.2, 0.25) is 0 Å². The highest BCUT2D eigenvalue weighted by Gasteiger charge is 2.48. The van der Waals surface area contributed by atoms with E-state index in [1.807, 2.05) is 0 Å². The lowest BCUT2D eigenvalue weighted by atomic mass is 10.0. The van der Waals surface area contributed by atoms with Crippen LogP contribution in [0.4, 0.5) is 13.2 Å². The van der Waals surface area contributed by atoms with Crippen molar-refractivity contribution >= 4 is 10.0 Å². The summed E-state index contributed by atoms with van der Waals surface area (Å²) in [7, 11) is -4.74. The maximum absolute atomic E-state index is 12.7. The van der Waals surface area contributed by atoms with Crippen LogP contribution in [0.25, 0.3) is 0 Å². The molecule has 0 aliphatic rings. The van der Waals surface area contributed by atoms with E-state index in [0.717, 1.165) is 11.6 Å². The van der Waals surface area contributed by atoms with Crippen molar-refractivity contribution in [2.24, 2.45) is 5.14 Å². The summed E-state index contributed by atoms with van der Waals surface area (Å²) in [5, 5.41) is 1.99. The molecule has 96 valence electrons. The first-order chi connectivity index (χ1) is 7.53. The standard InChI is InChI=1S/C10H12F3NO2S/c1-6-3-4-8(7(2)5-6)9(10(11,12)13)17(14,15)16/h3-5,9H,1-2H3,(H2,14,15,16). The second-order valence-corrected chi connectivity index (χ2v) is 5.52. The number of hydrogen-bond donors (Lipinski definition) is 1. The van der Waals surface area contributed by atoms with Gasteiger partial charge < -0.3 is 0 Å². The number of hydrogen-bond acceptors (Lipinski definition) is 2. The van der Waals surface area contributed by atoms with Crippen molar-refractivity contribution in [1.29, 1.82) is 0 Å². The van der Waals surface area contributed by atoms with E-state index in [1.165, 1.54) is 19.1 Å². The van der Waals surface area contributed by atoms with Crippen molar-refractivity contribution in [3.63, 3.8) is 0 Å². The lowest BCUT2D eigenvalue weighted by molar-refractivity contribution is -0.131. The van der Waals surface area contributed by atoms with Gasteiger partial charge >= 0.3 is 6.18 Å². The number of sulfonamides is 1. The Morgan fingerprint density at radius 2 is 1.76 bits per heavy atom. The fourth-order valence-corrected chi connectivity index (χ4v) is 2.65. The maximum Gasteiger partial charge on any atom is 0.410 e. The third-order valence-electron chi connectivity index (χ3n) is 2.33. The Kier molecular flexibility index (Phi) is 3.54. The molecule has 0 saturated heterocycles. The Morgan fingerprint density at radius 3 is 2.12 bits per heavy atom. The van der Waals surface area contributed by atoms with Gasteiger partial charge in [0.05, 0.1) is 0 Å². The predicted molar refractivity (Wildman–Crippen MR) is 57.8 cm³/mol. The van der Waals surface area contributed by atoms with E-state index in [2.05, 4.69) is 5.14 Å². The second-order valence-electron chi connectivity index (χ2n) is 3.87. The summed E-state index contributed by atoms with van der Waals surface area (Å²) in [6.45, 7) is 3.13. The van der Waals surface area contributed by atoms with Gasteiger partial charge in [0.25, 0.3) is 0 Å². The minimum atomic E-state index is -4.92.